The van der Waals surface area contributed by atoms with Crippen LogP contribution >= 0.6 is 0 Å². The fourth-order valence-corrected chi connectivity index (χ4v) is 3.53. The Hall–Kier alpha value is -3.29. The summed E-state index contributed by atoms with van der Waals surface area (Å²) in [7, 11) is 1.58. The van der Waals surface area contributed by atoms with Crippen LogP contribution in [0.15, 0.2) is 43.0 Å². The lowest BCUT2D eigenvalue weighted by molar-refractivity contribution is -0.129. The van der Waals surface area contributed by atoms with Crippen LogP contribution in [0.3, 0.4) is 0 Å². The molecule has 1 unspecified atom stereocenters. The van der Waals surface area contributed by atoms with Crippen molar-refractivity contribution in [1.82, 2.24) is 29.8 Å². The summed E-state index contributed by atoms with van der Waals surface area (Å²) >= 11 is 0. The van der Waals surface area contributed by atoms with Gasteiger partial charge in [-0.2, -0.15) is 5.10 Å². The zero-order valence-electron chi connectivity index (χ0n) is 15.0. The Morgan fingerprint density at radius 1 is 1.26 bits per heavy atom. The molecule has 0 aromatic carbocycles. The molecule has 27 heavy (non-hydrogen) atoms. The van der Waals surface area contributed by atoms with E-state index < -0.39 is 0 Å². The highest BCUT2D eigenvalue weighted by Crippen LogP contribution is 2.28. The van der Waals surface area contributed by atoms with Crippen LogP contribution < -0.4 is 5.32 Å². The van der Waals surface area contributed by atoms with Gasteiger partial charge in [0.05, 0.1) is 18.3 Å². The third-order valence-corrected chi connectivity index (χ3v) is 4.94. The Labute approximate surface area is 156 Å². The van der Waals surface area contributed by atoms with Crippen LogP contribution in [0.5, 0.6) is 0 Å². The third kappa shape index (κ3) is 3.25. The van der Waals surface area contributed by atoms with Gasteiger partial charge in [0, 0.05) is 44.6 Å². The second-order valence-electron chi connectivity index (χ2n) is 6.61. The molecule has 1 aliphatic heterocycles. The average Bonchev–Trinajstić information content (AvgIpc) is 3.35. The van der Waals surface area contributed by atoms with E-state index in [1.54, 1.807) is 30.2 Å². The molecule has 0 spiro atoms. The fourth-order valence-electron chi connectivity index (χ4n) is 3.53. The molecule has 4 rings (SSSR count). The number of nitrogens with one attached hydrogen (secondary N) is 1. The molecule has 0 bridgehead atoms. The quantitative estimate of drug-likeness (QED) is 0.747. The van der Waals surface area contributed by atoms with E-state index in [0.29, 0.717) is 30.7 Å². The Bertz CT molecular complexity index is 984. The lowest BCUT2D eigenvalue weighted by atomic mass is 10.0. The minimum atomic E-state index is -0.214. The van der Waals surface area contributed by atoms with E-state index in [0.717, 1.165) is 17.7 Å². The van der Waals surface area contributed by atoms with Crippen molar-refractivity contribution in [2.24, 2.45) is 0 Å². The minimum absolute atomic E-state index is 0.0994. The van der Waals surface area contributed by atoms with Crippen LogP contribution in [-0.4, -0.2) is 56.4 Å². The summed E-state index contributed by atoms with van der Waals surface area (Å²) in [5.74, 6) is 0.0439. The van der Waals surface area contributed by atoms with E-state index >= 15 is 0 Å². The molecule has 1 atom stereocenters. The molecule has 1 aliphatic rings. The standard InChI is InChI=1S/C19H20N6O2/c1-20-19(27)15-11-23-25-16(4-7-22-18(15)25)14-5-8-24(12-14)17(26)9-13-3-2-6-21-10-13/h2-4,6-7,10-11,14H,5,8-9,12H2,1H3,(H,20,27). The van der Waals surface area contributed by atoms with E-state index in [-0.39, 0.29) is 17.7 Å². The number of carbonyl (C=O) groups is 2. The summed E-state index contributed by atoms with van der Waals surface area (Å²) in [5.41, 5.74) is 2.86. The number of nitrogens with zero attached hydrogens (tertiary/aromatic N) is 5. The van der Waals surface area contributed by atoms with Gasteiger partial charge >= 0.3 is 0 Å². The maximum atomic E-state index is 12.6. The van der Waals surface area contributed by atoms with E-state index in [2.05, 4.69) is 20.4 Å². The number of amides is 2. The zero-order valence-corrected chi connectivity index (χ0v) is 15.0. The van der Waals surface area contributed by atoms with Crippen LogP contribution in [0.2, 0.25) is 0 Å². The van der Waals surface area contributed by atoms with Crippen molar-refractivity contribution in [2.75, 3.05) is 20.1 Å². The largest absolute Gasteiger partial charge is 0.355 e. The van der Waals surface area contributed by atoms with Gasteiger partial charge in [0.25, 0.3) is 5.91 Å². The highest BCUT2D eigenvalue weighted by molar-refractivity contribution is 5.99. The molecule has 3 aromatic rings. The van der Waals surface area contributed by atoms with Crippen molar-refractivity contribution < 1.29 is 9.59 Å². The van der Waals surface area contributed by atoms with Gasteiger partial charge in [-0.05, 0) is 24.1 Å². The molecule has 1 N–H and O–H groups in total. The Balaban J connectivity index is 1.53. The summed E-state index contributed by atoms with van der Waals surface area (Å²) in [4.78, 5) is 34.8. The fraction of sp³-hybridized carbons (Fsp3) is 0.316. The van der Waals surface area contributed by atoms with Gasteiger partial charge in [0.2, 0.25) is 5.91 Å². The SMILES string of the molecule is CNC(=O)c1cnn2c(C3CCN(C(=O)Cc4cccnc4)C3)ccnc12. The maximum absolute atomic E-state index is 12.6. The molecule has 1 fully saturated rings. The van der Waals surface area contributed by atoms with Crippen LogP contribution in [0.1, 0.15) is 34.0 Å². The second-order valence-corrected chi connectivity index (χ2v) is 6.61. The molecule has 0 radical (unpaired) electrons. The van der Waals surface area contributed by atoms with Gasteiger partial charge in [0.1, 0.15) is 5.56 Å². The molecule has 4 heterocycles. The van der Waals surface area contributed by atoms with E-state index in [4.69, 9.17) is 0 Å². The van der Waals surface area contributed by atoms with Gasteiger partial charge in [0.15, 0.2) is 5.65 Å². The molecule has 138 valence electrons. The predicted molar refractivity (Wildman–Crippen MR) is 98.3 cm³/mol. The molecule has 2 amide bonds. The summed E-state index contributed by atoms with van der Waals surface area (Å²) in [5, 5.41) is 6.95. The van der Waals surface area contributed by atoms with Crippen molar-refractivity contribution in [3.63, 3.8) is 0 Å². The van der Waals surface area contributed by atoms with Crippen LogP contribution in [0.4, 0.5) is 0 Å². The Morgan fingerprint density at radius 2 is 2.15 bits per heavy atom. The zero-order chi connectivity index (χ0) is 18.8. The number of fused-ring (bicyclic) bond motifs is 1. The van der Waals surface area contributed by atoms with E-state index in [1.807, 2.05) is 23.1 Å². The molecule has 3 aromatic heterocycles. The highest BCUT2D eigenvalue weighted by Gasteiger charge is 2.29. The third-order valence-electron chi connectivity index (χ3n) is 4.94. The summed E-state index contributed by atoms with van der Waals surface area (Å²) < 4.78 is 1.71. The monoisotopic (exact) mass is 364 g/mol. The van der Waals surface area contributed by atoms with Crippen molar-refractivity contribution in [3.8, 4) is 0 Å². The number of rotatable bonds is 4. The summed E-state index contributed by atoms with van der Waals surface area (Å²) in [6.45, 7) is 1.34. The van der Waals surface area contributed by atoms with Crippen molar-refractivity contribution in [3.05, 3.63) is 59.8 Å². The lowest BCUT2D eigenvalue weighted by Crippen LogP contribution is -2.30. The van der Waals surface area contributed by atoms with E-state index in [9.17, 15) is 9.59 Å². The molecular formula is C19H20N6O2. The summed E-state index contributed by atoms with van der Waals surface area (Å²) in [6.07, 6.45) is 7.86. The van der Waals surface area contributed by atoms with Crippen LogP contribution in [0, 0.1) is 0 Å². The molecule has 0 aliphatic carbocycles. The number of aromatic nitrogens is 4. The first-order valence-electron chi connectivity index (χ1n) is 8.88. The number of hydrogen-bond acceptors (Lipinski definition) is 5. The predicted octanol–water partition coefficient (Wildman–Crippen LogP) is 1.04. The van der Waals surface area contributed by atoms with Crippen molar-refractivity contribution in [1.29, 1.82) is 0 Å². The molecule has 8 nitrogen and oxygen atoms in total. The van der Waals surface area contributed by atoms with Crippen molar-refractivity contribution in [2.45, 2.75) is 18.8 Å². The van der Waals surface area contributed by atoms with Gasteiger partial charge in [-0.25, -0.2) is 9.50 Å². The minimum Gasteiger partial charge on any atom is -0.355 e. The Morgan fingerprint density at radius 3 is 2.93 bits per heavy atom. The molecule has 0 saturated carbocycles. The lowest BCUT2D eigenvalue weighted by Gasteiger charge is -2.17. The molecule has 1 saturated heterocycles. The van der Waals surface area contributed by atoms with Crippen molar-refractivity contribution >= 4 is 17.5 Å². The number of hydrogen-bond donors (Lipinski definition) is 1. The first kappa shape index (κ1) is 17.1. The second kappa shape index (κ2) is 7.14. The average molecular weight is 364 g/mol. The first-order valence-corrected chi connectivity index (χ1v) is 8.88. The number of likely N-dealkylation sites (tertiary alicyclic amines) is 1. The normalized spacial score (nSPS) is 16.6. The first-order chi connectivity index (χ1) is 13.2. The molecule has 8 heteroatoms. The van der Waals surface area contributed by atoms with Crippen LogP contribution in [0.25, 0.3) is 5.65 Å². The van der Waals surface area contributed by atoms with Gasteiger partial charge in [-0.15, -0.1) is 0 Å². The summed E-state index contributed by atoms with van der Waals surface area (Å²) in [6, 6.07) is 5.66. The van der Waals surface area contributed by atoms with E-state index in [1.165, 1.54) is 6.20 Å². The van der Waals surface area contributed by atoms with Crippen LogP contribution in [-0.2, 0) is 11.2 Å². The highest BCUT2D eigenvalue weighted by atomic mass is 16.2. The number of carbonyl (C=O) groups excluding carboxylic acids is 2. The Kier molecular flexibility index (Phi) is 4.53. The van der Waals surface area contributed by atoms with Gasteiger partial charge in [-0.3, -0.25) is 14.6 Å². The van der Waals surface area contributed by atoms with Gasteiger partial charge in [-0.1, -0.05) is 6.07 Å². The molecular weight excluding hydrogens is 344 g/mol. The topological polar surface area (TPSA) is 92.5 Å². The number of pyridine rings is 1. The van der Waals surface area contributed by atoms with Gasteiger partial charge < -0.3 is 10.2 Å². The maximum Gasteiger partial charge on any atom is 0.256 e. The smallest absolute Gasteiger partial charge is 0.256 e.